The van der Waals surface area contributed by atoms with Gasteiger partial charge in [-0.3, -0.25) is 4.90 Å². The van der Waals surface area contributed by atoms with Crippen molar-refractivity contribution in [3.63, 3.8) is 0 Å². The molecular formula is C40H63NO5. The van der Waals surface area contributed by atoms with Crippen LogP contribution in [0.3, 0.4) is 0 Å². The molecule has 0 amide bonds. The lowest BCUT2D eigenvalue weighted by Crippen LogP contribution is -2.75. The molecule has 258 valence electrons. The fourth-order valence-electron chi connectivity index (χ4n) is 10.00. The topological polar surface area (TPSA) is 68.2 Å². The number of piperidine rings is 1. The lowest BCUT2D eigenvalue weighted by atomic mass is 9.44. The van der Waals surface area contributed by atoms with Gasteiger partial charge in [0.1, 0.15) is 11.9 Å². The van der Waals surface area contributed by atoms with Gasteiger partial charge in [-0.25, -0.2) is 4.79 Å². The molecule has 0 aromatic heterocycles. The highest BCUT2D eigenvalue weighted by atomic mass is 16.7. The van der Waals surface area contributed by atoms with Crippen molar-refractivity contribution in [2.75, 3.05) is 19.7 Å². The molecule has 0 radical (unpaired) electrons. The van der Waals surface area contributed by atoms with E-state index in [1.165, 1.54) is 103 Å². The Labute approximate surface area is 279 Å². The third-order valence-electron chi connectivity index (χ3n) is 12.6. The van der Waals surface area contributed by atoms with Gasteiger partial charge in [0.25, 0.3) is 0 Å². The Balaban J connectivity index is 0.898. The standard InChI is InChI=1S/C40H63NO5/c1-3-4-5-6-7-8-9-10-11-12-13-14-15-16-17-18-27-44-38(42)45-33-22-21-32-28-34-40(43)24-23-30(2)37-39(40,35(32)36(33)46-37)25-26-41(34)29-31-19-20-31/h21-22,31-32,34-35,37,43H,2-20,23-29H2,1H3/t32?,34?,35?,37-,39-,40+/m0/s1. The molecule has 1 N–H and O–H groups in total. The summed E-state index contributed by atoms with van der Waals surface area (Å²) >= 11 is 0. The largest absolute Gasteiger partial charge is 0.513 e. The average Bonchev–Trinajstić information content (AvgIpc) is 3.79. The molecule has 0 aromatic carbocycles. The van der Waals surface area contributed by atoms with E-state index in [-0.39, 0.29) is 24.0 Å². The third-order valence-corrected chi connectivity index (χ3v) is 12.6. The Hall–Kier alpha value is -1.79. The van der Waals surface area contributed by atoms with Crippen molar-refractivity contribution in [2.24, 2.45) is 23.2 Å². The maximum Gasteiger partial charge on any atom is 0.513 e. The average molecular weight is 638 g/mol. The van der Waals surface area contributed by atoms with Crippen molar-refractivity contribution in [1.29, 1.82) is 0 Å². The van der Waals surface area contributed by atoms with Crippen LogP contribution in [0.15, 0.2) is 35.8 Å². The van der Waals surface area contributed by atoms with E-state index in [1.54, 1.807) is 0 Å². The summed E-state index contributed by atoms with van der Waals surface area (Å²) in [4.78, 5) is 15.4. The minimum absolute atomic E-state index is 0.0204. The summed E-state index contributed by atoms with van der Waals surface area (Å²) in [6.45, 7) is 9.19. The van der Waals surface area contributed by atoms with Crippen LogP contribution in [0.5, 0.6) is 0 Å². The van der Waals surface area contributed by atoms with Crippen LogP contribution in [-0.4, -0.2) is 53.6 Å². The van der Waals surface area contributed by atoms with Crippen LogP contribution in [0.25, 0.3) is 0 Å². The number of carbonyl (C=O) groups excluding carboxylic acids is 1. The highest BCUT2D eigenvalue weighted by Crippen LogP contribution is 2.70. The normalized spacial score (nSPS) is 32.8. The van der Waals surface area contributed by atoms with Crippen molar-refractivity contribution in [3.05, 3.63) is 35.8 Å². The number of hydrogen-bond acceptors (Lipinski definition) is 6. The third kappa shape index (κ3) is 7.14. The molecule has 46 heavy (non-hydrogen) atoms. The van der Waals surface area contributed by atoms with Crippen molar-refractivity contribution < 1.29 is 24.1 Å². The number of hydrogen-bond donors (Lipinski definition) is 1. The first-order valence-electron chi connectivity index (χ1n) is 19.6. The molecule has 1 spiro atoms. The van der Waals surface area contributed by atoms with Gasteiger partial charge < -0.3 is 19.3 Å². The summed E-state index contributed by atoms with van der Waals surface area (Å²) in [5.74, 6) is 2.30. The molecule has 6 heteroatoms. The number of ether oxygens (including phenoxy) is 3. The van der Waals surface area contributed by atoms with Gasteiger partial charge in [0, 0.05) is 18.5 Å². The molecule has 2 heterocycles. The van der Waals surface area contributed by atoms with Crippen LogP contribution in [0.4, 0.5) is 4.79 Å². The molecule has 6 nitrogen and oxygen atoms in total. The van der Waals surface area contributed by atoms with Gasteiger partial charge in [-0.1, -0.05) is 116 Å². The molecule has 2 saturated heterocycles. The van der Waals surface area contributed by atoms with Crippen molar-refractivity contribution in [2.45, 2.75) is 166 Å². The van der Waals surface area contributed by atoms with E-state index < -0.39 is 17.2 Å². The van der Waals surface area contributed by atoms with Crippen LogP contribution in [-0.2, 0) is 14.2 Å². The second-order valence-electron chi connectivity index (χ2n) is 15.8. The molecular weight excluding hydrogens is 574 g/mol. The van der Waals surface area contributed by atoms with E-state index in [1.807, 2.05) is 6.08 Å². The highest BCUT2D eigenvalue weighted by molar-refractivity contribution is 5.62. The highest BCUT2D eigenvalue weighted by Gasteiger charge is 2.76. The van der Waals surface area contributed by atoms with Gasteiger partial charge >= 0.3 is 6.16 Å². The van der Waals surface area contributed by atoms with E-state index >= 15 is 0 Å². The molecule has 2 bridgehead atoms. The van der Waals surface area contributed by atoms with Crippen LogP contribution in [0.2, 0.25) is 0 Å². The fourth-order valence-corrected chi connectivity index (χ4v) is 10.00. The van der Waals surface area contributed by atoms with E-state index in [4.69, 9.17) is 14.2 Å². The number of rotatable bonds is 20. The number of allylic oxidation sites excluding steroid dienone is 3. The molecule has 5 fully saturated rings. The Kier molecular flexibility index (Phi) is 11.6. The Morgan fingerprint density at radius 1 is 0.957 bits per heavy atom. The number of unbranched alkanes of at least 4 members (excludes halogenated alkanes) is 15. The lowest BCUT2D eigenvalue weighted by Gasteiger charge is -2.66. The Morgan fingerprint density at radius 3 is 2.22 bits per heavy atom. The van der Waals surface area contributed by atoms with E-state index in [2.05, 4.69) is 24.5 Å². The first-order chi connectivity index (χ1) is 22.5. The van der Waals surface area contributed by atoms with Crippen molar-refractivity contribution in [3.8, 4) is 0 Å². The predicted molar refractivity (Wildman–Crippen MR) is 183 cm³/mol. The molecule has 6 atom stereocenters. The van der Waals surface area contributed by atoms with Gasteiger partial charge in [-0.2, -0.15) is 0 Å². The van der Waals surface area contributed by atoms with Crippen molar-refractivity contribution in [1.82, 2.24) is 4.90 Å². The Morgan fingerprint density at radius 2 is 1.59 bits per heavy atom. The number of likely N-dealkylation sites (tertiary alicyclic amines) is 1. The van der Waals surface area contributed by atoms with E-state index in [0.717, 1.165) is 68.9 Å². The minimum Gasteiger partial charge on any atom is -0.485 e. The predicted octanol–water partition coefficient (Wildman–Crippen LogP) is 9.77. The summed E-state index contributed by atoms with van der Waals surface area (Å²) in [5, 5.41) is 12.6. The van der Waals surface area contributed by atoms with Gasteiger partial charge in [0.2, 0.25) is 0 Å². The number of aliphatic hydroxyl groups is 1. The SMILES string of the molecule is C=C1CC[C@@]2(O)C3CC4C=CC(OC(=O)OCCCCCCCCCCCCCCCCCC)=C5O[C@@H]1[C@]2(CCN3CC1CC1)C54. The lowest BCUT2D eigenvalue weighted by molar-refractivity contribution is -0.240. The van der Waals surface area contributed by atoms with Gasteiger partial charge in [-0.05, 0) is 75.0 Å². The smallest absolute Gasteiger partial charge is 0.485 e. The molecule has 3 saturated carbocycles. The first kappa shape index (κ1) is 34.1. The molecule has 4 aliphatic carbocycles. The molecule has 0 aromatic rings. The van der Waals surface area contributed by atoms with E-state index in [0.29, 0.717) is 12.4 Å². The minimum atomic E-state index is -0.807. The van der Waals surface area contributed by atoms with Crippen LogP contribution >= 0.6 is 0 Å². The van der Waals surface area contributed by atoms with Crippen LogP contribution in [0, 0.1) is 23.2 Å². The van der Waals surface area contributed by atoms with Crippen molar-refractivity contribution >= 4 is 6.16 Å². The molecule has 3 unspecified atom stereocenters. The summed E-state index contributed by atoms with van der Waals surface area (Å²) in [6, 6.07) is 0.151. The quantitative estimate of drug-likeness (QED) is 0.0814. The Bertz CT molecular complexity index is 1110. The maximum atomic E-state index is 12.8. The summed E-state index contributed by atoms with van der Waals surface area (Å²) in [6.07, 6.45) is 30.3. The summed E-state index contributed by atoms with van der Waals surface area (Å²) in [7, 11) is 0. The summed E-state index contributed by atoms with van der Waals surface area (Å²) < 4.78 is 18.0. The second kappa shape index (κ2) is 15.6. The molecule has 2 aliphatic heterocycles. The zero-order valence-corrected chi connectivity index (χ0v) is 29.0. The molecule has 6 rings (SSSR count). The van der Waals surface area contributed by atoms with Gasteiger partial charge in [0.05, 0.1) is 17.6 Å². The monoisotopic (exact) mass is 637 g/mol. The first-order valence-corrected chi connectivity index (χ1v) is 19.6. The maximum absolute atomic E-state index is 12.8. The number of carbonyl (C=O) groups is 1. The fraction of sp³-hybridized carbons (Fsp3) is 0.825. The van der Waals surface area contributed by atoms with Crippen LogP contribution in [0.1, 0.15) is 148 Å². The van der Waals surface area contributed by atoms with Gasteiger partial charge in [-0.15, -0.1) is 0 Å². The van der Waals surface area contributed by atoms with E-state index in [9.17, 15) is 9.90 Å². The van der Waals surface area contributed by atoms with Crippen LogP contribution < -0.4 is 0 Å². The zero-order chi connectivity index (χ0) is 32.0. The van der Waals surface area contributed by atoms with Gasteiger partial charge in [0.15, 0.2) is 5.76 Å². The second-order valence-corrected chi connectivity index (χ2v) is 15.8. The summed E-state index contributed by atoms with van der Waals surface area (Å²) in [5.41, 5.74) is -0.131. The molecule has 6 aliphatic rings. The number of nitrogens with zero attached hydrogens (tertiary/aromatic N) is 1. The zero-order valence-electron chi connectivity index (χ0n) is 29.0.